The maximum Gasteiger partial charge on any atom is 0.328 e. The molecule has 0 radical (unpaired) electrons. The van der Waals surface area contributed by atoms with E-state index in [0.717, 1.165) is 64.2 Å². The van der Waals surface area contributed by atoms with Crippen LogP contribution in [0.5, 0.6) is 0 Å². The summed E-state index contributed by atoms with van der Waals surface area (Å²) < 4.78 is 6.03. The van der Waals surface area contributed by atoms with Crippen molar-refractivity contribution in [3.63, 3.8) is 0 Å². The molecule has 0 aromatic rings. The topological polar surface area (TPSA) is 142 Å². The van der Waals surface area contributed by atoms with Gasteiger partial charge in [-0.25, -0.2) is 4.79 Å². The summed E-state index contributed by atoms with van der Waals surface area (Å²) in [7, 11) is 0. The summed E-state index contributed by atoms with van der Waals surface area (Å²) in [6.45, 7) is 3.48. The number of rotatable bonds is 45. The van der Waals surface area contributed by atoms with Crippen LogP contribution in [0, 0.1) is 0 Å². The molecule has 0 saturated heterocycles. The highest BCUT2D eigenvalue weighted by Gasteiger charge is 2.19. The number of aliphatic hydroxyl groups excluding tert-OH is 1. The van der Waals surface area contributed by atoms with E-state index >= 15 is 0 Å². The van der Waals surface area contributed by atoms with E-state index < -0.39 is 24.5 Å². The number of carbonyl (C=O) groups excluding carboxylic acids is 3. The van der Waals surface area contributed by atoms with Gasteiger partial charge in [-0.2, -0.15) is 0 Å². The van der Waals surface area contributed by atoms with Gasteiger partial charge in [0, 0.05) is 12.8 Å². The molecule has 2 amide bonds. The maximum atomic E-state index is 12.8. The molecule has 0 spiro atoms. The molecule has 9 nitrogen and oxygen atoms in total. The Bertz CT molecular complexity index is 1050. The number of carboxylic acids is 1. The van der Waals surface area contributed by atoms with Crippen molar-refractivity contribution in [3.05, 3.63) is 24.3 Å². The van der Waals surface area contributed by atoms with Crippen molar-refractivity contribution >= 4 is 23.8 Å². The van der Waals surface area contributed by atoms with Crippen molar-refractivity contribution in [2.45, 2.75) is 257 Å². The van der Waals surface area contributed by atoms with Gasteiger partial charge >= 0.3 is 11.9 Å². The average molecular weight is 833 g/mol. The third kappa shape index (κ3) is 41.8. The zero-order valence-electron chi connectivity index (χ0n) is 38.3. The van der Waals surface area contributed by atoms with Crippen LogP contribution in [-0.4, -0.2) is 59.3 Å². The molecule has 0 rings (SSSR count). The minimum atomic E-state index is -1.38. The fourth-order valence-corrected chi connectivity index (χ4v) is 7.39. The Morgan fingerprint density at radius 2 is 0.915 bits per heavy atom. The molecule has 0 aromatic carbocycles. The van der Waals surface area contributed by atoms with Crippen molar-refractivity contribution in [3.8, 4) is 0 Å². The van der Waals surface area contributed by atoms with Gasteiger partial charge in [0.1, 0.15) is 12.1 Å². The number of hydrogen-bond acceptors (Lipinski definition) is 6. The molecule has 0 aromatic heterocycles. The quantitative estimate of drug-likeness (QED) is 0.0272. The van der Waals surface area contributed by atoms with Gasteiger partial charge in [0.05, 0.1) is 13.2 Å². The molecule has 0 aliphatic heterocycles. The molecule has 0 aliphatic rings. The van der Waals surface area contributed by atoms with Crippen LogP contribution in [0.3, 0.4) is 0 Å². The average Bonchev–Trinajstić information content (AvgIpc) is 3.22. The van der Waals surface area contributed by atoms with Crippen LogP contribution >= 0.6 is 0 Å². The smallest absolute Gasteiger partial charge is 0.328 e. The first kappa shape index (κ1) is 56.3. The molecule has 0 aliphatic carbocycles. The highest BCUT2D eigenvalue weighted by molar-refractivity contribution is 5.87. The number of aliphatic carboxylic acids is 1. The number of hydrogen-bond donors (Lipinski definition) is 4. The van der Waals surface area contributed by atoms with Gasteiger partial charge in [-0.05, 0) is 70.6 Å². The van der Waals surface area contributed by atoms with E-state index in [1.54, 1.807) is 0 Å². The SMILES string of the molecule is CCCCCCC/C=C\C/C=C\CCCCCCCCCCCCCC(=O)OC(CCCCCCCCCC)CCCCCCCC(=O)NCC(=O)NC(CO)C(=O)O. The maximum absolute atomic E-state index is 12.8. The number of carbonyl (C=O) groups is 4. The molecule has 0 saturated carbocycles. The summed E-state index contributed by atoms with van der Waals surface area (Å²) in [6.07, 6.45) is 50.8. The van der Waals surface area contributed by atoms with Crippen molar-refractivity contribution in [1.29, 1.82) is 0 Å². The molecular formula is C50H92N2O7. The largest absolute Gasteiger partial charge is 0.480 e. The third-order valence-corrected chi connectivity index (χ3v) is 11.2. The normalized spacial score (nSPS) is 12.6. The van der Waals surface area contributed by atoms with Gasteiger partial charge in [0.25, 0.3) is 0 Å². The van der Waals surface area contributed by atoms with Crippen molar-refractivity contribution in [2.75, 3.05) is 13.2 Å². The van der Waals surface area contributed by atoms with Gasteiger partial charge in [0.2, 0.25) is 11.8 Å². The van der Waals surface area contributed by atoms with Crippen LogP contribution in [0.1, 0.15) is 245 Å². The Balaban J connectivity index is 4.07. The molecule has 9 heteroatoms. The van der Waals surface area contributed by atoms with Crippen LogP contribution in [0.2, 0.25) is 0 Å². The predicted molar refractivity (Wildman–Crippen MR) is 245 cm³/mol. The lowest BCUT2D eigenvalue weighted by Gasteiger charge is -2.18. The lowest BCUT2D eigenvalue weighted by molar-refractivity contribution is -0.150. The zero-order valence-corrected chi connectivity index (χ0v) is 38.3. The van der Waals surface area contributed by atoms with E-state index in [9.17, 15) is 19.2 Å². The fourth-order valence-electron chi connectivity index (χ4n) is 7.39. The second-order valence-electron chi connectivity index (χ2n) is 16.9. The summed E-state index contributed by atoms with van der Waals surface area (Å²) in [4.78, 5) is 47.6. The standard InChI is InChI=1S/C50H92N2O7/c1-3-5-7-9-11-13-14-15-16-17-18-19-20-21-22-23-24-25-26-27-29-34-38-42-49(56)59-45(39-35-31-28-12-10-8-6-4-2)40-36-32-30-33-37-41-47(54)51-43-48(55)52-46(44-53)50(57)58/h14-15,17-18,45-46,53H,3-13,16,19-44H2,1-2H3,(H,51,54)(H,52,55)(H,57,58)/b15-14-,18-17-. The molecule has 2 atom stereocenters. The monoisotopic (exact) mass is 833 g/mol. The van der Waals surface area contributed by atoms with E-state index in [4.69, 9.17) is 14.9 Å². The number of aliphatic hydroxyl groups is 1. The molecular weight excluding hydrogens is 741 g/mol. The Morgan fingerprint density at radius 1 is 0.508 bits per heavy atom. The first-order valence-electron chi connectivity index (χ1n) is 24.7. The number of nitrogens with one attached hydrogen (secondary N) is 2. The van der Waals surface area contributed by atoms with E-state index in [2.05, 4.69) is 48.8 Å². The van der Waals surface area contributed by atoms with Crippen LogP contribution in [0.15, 0.2) is 24.3 Å². The number of unbranched alkanes of at least 4 members (excludes halogenated alkanes) is 27. The van der Waals surface area contributed by atoms with Crippen LogP contribution < -0.4 is 10.6 Å². The van der Waals surface area contributed by atoms with Gasteiger partial charge < -0.3 is 25.6 Å². The molecule has 59 heavy (non-hydrogen) atoms. The number of allylic oxidation sites excluding steroid dienone is 4. The third-order valence-electron chi connectivity index (χ3n) is 11.2. The van der Waals surface area contributed by atoms with E-state index in [1.165, 1.54) is 148 Å². The molecule has 4 N–H and O–H groups in total. The first-order valence-corrected chi connectivity index (χ1v) is 24.7. The van der Waals surface area contributed by atoms with Crippen molar-refractivity contribution in [1.82, 2.24) is 10.6 Å². The van der Waals surface area contributed by atoms with Gasteiger partial charge in [-0.15, -0.1) is 0 Å². The Labute approximate surface area is 362 Å². The molecule has 0 fully saturated rings. The van der Waals surface area contributed by atoms with E-state index in [1.807, 2.05) is 0 Å². The van der Waals surface area contributed by atoms with Crippen LogP contribution in [-0.2, 0) is 23.9 Å². The van der Waals surface area contributed by atoms with Crippen molar-refractivity contribution < 1.29 is 34.1 Å². The minimum absolute atomic E-state index is 0.00972. The highest BCUT2D eigenvalue weighted by Crippen LogP contribution is 2.19. The second kappa shape index (κ2) is 44.9. The number of carboxylic acid groups (broad SMARTS) is 1. The summed E-state index contributed by atoms with van der Waals surface area (Å²) in [5.41, 5.74) is 0. The predicted octanol–water partition coefficient (Wildman–Crippen LogP) is 12.8. The summed E-state index contributed by atoms with van der Waals surface area (Å²) in [6, 6.07) is -1.38. The van der Waals surface area contributed by atoms with E-state index in [-0.39, 0.29) is 24.5 Å². The van der Waals surface area contributed by atoms with Gasteiger partial charge in [0.15, 0.2) is 0 Å². The van der Waals surface area contributed by atoms with Crippen LogP contribution in [0.25, 0.3) is 0 Å². The highest BCUT2D eigenvalue weighted by atomic mass is 16.5. The zero-order chi connectivity index (χ0) is 43.3. The van der Waals surface area contributed by atoms with Gasteiger partial charge in [-0.3, -0.25) is 14.4 Å². The summed E-state index contributed by atoms with van der Waals surface area (Å²) >= 11 is 0. The second-order valence-corrected chi connectivity index (χ2v) is 16.9. The first-order chi connectivity index (χ1) is 28.8. The molecule has 0 heterocycles. The van der Waals surface area contributed by atoms with Gasteiger partial charge in [-0.1, -0.05) is 186 Å². The molecule has 2 unspecified atom stereocenters. The summed E-state index contributed by atoms with van der Waals surface area (Å²) in [5.74, 6) is -2.28. The van der Waals surface area contributed by atoms with Crippen molar-refractivity contribution in [2.24, 2.45) is 0 Å². The molecule has 0 bridgehead atoms. The Kier molecular flexibility index (Phi) is 42.8. The fraction of sp³-hybridized carbons (Fsp3) is 0.840. The number of esters is 1. The lowest BCUT2D eigenvalue weighted by Crippen LogP contribution is -2.47. The Hall–Kier alpha value is -2.68. The lowest BCUT2D eigenvalue weighted by atomic mass is 10.0. The summed E-state index contributed by atoms with van der Waals surface area (Å²) in [5, 5.41) is 22.6. The minimum Gasteiger partial charge on any atom is -0.480 e. The Morgan fingerprint density at radius 3 is 1.36 bits per heavy atom. The molecule has 344 valence electrons. The number of amides is 2. The van der Waals surface area contributed by atoms with Crippen LogP contribution in [0.4, 0.5) is 0 Å². The number of ether oxygens (including phenoxy) is 1. The van der Waals surface area contributed by atoms with E-state index in [0.29, 0.717) is 19.3 Å².